The maximum atomic E-state index is 12.2. The molecule has 0 fully saturated rings. The zero-order valence-corrected chi connectivity index (χ0v) is 10.3. The quantitative estimate of drug-likeness (QED) is 0.837. The fraction of sp³-hybridized carbons (Fsp3) is 0.133. The van der Waals surface area contributed by atoms with E-state index in [0.717, 1.165) is 11.1 Å². The van der Waals surface area contributed by atoms with Crippen LogP contribution < -0.4 is 4.74 Å². The van der Waals surface area contributed by atoms with Gasteiger partial charge in [0.15, 0.2) is 0 Å². The molecule has 0 unspecified atom stereocenters. The minimum atomic E-state index is -4.72. The average Bonchev–Trinajstić information content (AvgIpc) is 2.38. The van der Waals surface area contributed by atoms with Gasteiger partial charge in [0.05, 0.1) is 12.5 Å². The van der Waals surface area contributed by atoms with Crippen LogP contribution in [0.25, 0.3) is 11.1 Å². The Labute approximate surface area is 114 Å². The van der Waals surface area contributed by atoms with E-state index in [9.17, 15) is 13.2 Å². The number of nitrogens with zero attached hydrogens (tertiary/aromatic N) is 1. The van der Waals surface area contributed by atoms with Gasteiger partial charge in [-0.15, -0.1) is 13.2 Å². The Hall–Kier alpha value is -2.48. The van der Waals surface area contributed by atoms with Gasteiger partial charge < -0.3 is 4.74 Å². The van der Waals surface area contributed by atoms with Gasteiger partial charge in [0.25, 0.3) is 0 Å². The van der Waals surface area contributed by atoms with Gasteiger partial charge in [0, 0.05) is 0 Å². The molecule has 0 radical (unpaired) electrons. The minimum Gasteiger partial charge on any atom is -0.406 e. The summed E-state index contributed by atoms with van der Waals surface area (Å²) in [6.45, 7) is 0. The summed E-state index contributed by atoms with van der Waals surface area (Å²) in [7, 11) is 0. The normalized spacial score (nSPS) is 10.9. The largest absolute Gasteiger partial charge is 0.573 e. The van der Waals surface area contributed by atoms with Crippen molar-refractivity contribution in [3.05, 3.63) is 54.1 Å². The zero-order valence-electron chi connectivity index (χ0n) is 10.3. The smallest absolute Gasteiger partial charge is 0.406 e. The molecule has 2 nitrogen and oxygen atoms in total. The van der Waals surface area contributed by atoms with Gasteiger partial charge in [-0.3, -0.25) is 0 Å². The summed E-state index contributed by atoms with van der Waals surface area (Å²) in [5, 5.41) is 8.78. The molecule has 20 heavy (non-hydrogen) atoms. The Morgan fingerprint density at radius 1 is 1.05 bits per heavy atom. The van der Waals surface area contributed by atoms with E-state index in [1.165, 1.54) is 18.2 Å². The topological polar surface area (TPSA) is 33.0 Å². The van der Waals surface area contributed by atoms with Crippen LogP contribution in [0.15, 0.2) is 48.5 Å². The Morgan fingerprint density at radius 3 is 2.50 bits per heavy atom. The van der Waals surface area contributed by atoms with Crippen LogP contribution in [-0.2, 0) is 6.42 Å². The van der Waals surface area contributed by atoms with Crippen molar-refractivity contribution >= 4 is 0 Å². The summed E-state index contributed by atoms with van der Waals surface area (Å²) in [5.41, 5.74) is 2.07. The molecule has 0 aliphatic rings. The summed E-state index contributed by atoms with van der Waals surface area (Å²) >= 11 is 0. The second-order valence-corrected chi connectivity index (χ2v) is 4.07. The number of nitriles is 1. The van der Waals surface area contributed by atoms with Crippen LogP contribution in [0.4, 0.5) is 13.2 Å². The predicted octanol–water partition coefficient (Wildman–Crippen LogP) is 4.32. The second kappa shape index (κ2) is 5.66. The lowest BCUT2D eigenvalue weighted by Gasteiger charge is -2.11. The third-order valence-corrected chi connectivity index (χ3v) is 2.67. The number of alkyl halides is 3. The molecule has 0 aliphatic heterocycles. The SMILES string of the molecule is N#CCc1ccccc1-c1cccc(OC(F)(F)F)c1. The van der Waals surface area contributed by atoms with E-state index >= 15 is 0 Å². The molecule has 2 aromatic carbocycles. The van der Waals surface area contributed by atoms with Crippen LogP contribution in [-0.4, -0.2) is 6.36 Å². The standard InChI is InChI=1S/C15H10F3NO/c16-15(17,18)20-13-6-3-5-12(10-13)14-7-2-1-4-11(14)8-9-19/h1-7,10H,8H2. The molecule has 0 amide bonds. The molecular weight excluding hydrogens is 267 g/mol. The number of rotatable bonds is 3. The van der Waals surface area contributed by atoms with E-state index in [1.807, 2.05) is 6.07 Å². The minimum absolute atomic E-state index is 0.195. The summed E-state index contributed by atoms with van der Waals surface area (Å²) in [5.74, 6) is -0.276. The lowest BCUT2D eigenvalue weighted by atomic mass is 9.98. The Balaban J connectivity index is 2.39. The molecule has 2 aromatic rings. The highest BCUT2D eigenvalue weighted by molar-refractivity contribution is 5.69. The van der Waals surface area contributed by atoms with Gasteiger partial charge in [-0.2, -0.15) is 5.26 Å². The van der Waals surface area contributed by atoms with Crippen LogP contribution in [0, 0.1) is 11.3 Å². The van der Waals surface area contributed by atoms with E-state index in [4.69, 9.17) is 5.26 Å². The van der Waals surface area contributed by atoms with E-state index in [2.05, 4.69) is 4.74 Å². The molecule has 0 N–H and O–H groups in total. The molecule has 0 aromatic heterocycles. The highest BCUT2D eigenvalue weighted by Gasteiger charge is 2.31. The molecule has 0 bridgehead atoms. The number of benzene rings is 2. The van der Waals surface area contributed by atoms with Crippen molar-refractivity contribution in [3.8, 4) is 22.9 Å². The maximum absolute atomic E-state index is 12.2. The second-order valence-electron chi connectivity index (χ2n) is 4.07. The summed E-state index contributed by atoms with van der Waals surface area (Å²) in [6, 6.07) is 14.8. The first kappa shape index (κ1) is 13.9. The molecule has 0 saturated heterocycles. The third kappa shape index (κ3) is 3.51. The van der Waals surface area contributed by atoms with Crippen molar-refractivity contribution in [2.24, 2.45) is 0 Å². The van der Waals surface area contributed by atoms with Crippen molar-refractivity contribution in [3.63, 3.8) is 0 Å². The van der Waals surface area contributed by atoms with Crippen molar-refractivity contribution in [1.82, 2.24) is 0 Å². The Bertz CT molecular complexity index is 644. The van der Waals surface area contributed by atoms with Crippen LogP contribution in [0.3, 0.4) is 0 Å². The van der Waals surface area contributed by atoms with E-state index in [-0.39, 0.29) is 12.2 Å². The average molecular weight is 277 g/mol. The number of ether oxygens (including phenoxy) is 1. The van der Waals surface area contributed by atoms with Gasteiger partial charge >= 0.3 is 6.36 Å². The number of hydrogen-bond acceptors (Lipinski definition) is 2. The fourth-order valence-electron chi connectivity index (χ4n) is 1.90. The van der Waals surface area contributed by atoms with Crippen LogP contribution in [0.1, 0.15) is 5.56 Å². The highest BCUT2D eigenvalue weighted by Crippen LogP contribution is 2.29. The summed E-state index contributed by atoms with van der Waals surface area (Å²) in [4.78, 5) is 0. The Kier molecular flexibility index (Phi) is 3.94. The monoisotopic (exact) mass is 277 g/mol. The first-order valence-corrected chi connectivity index (χ1v) is 5.80. The molecule has 0 heterocycles. The van der Waals surface area contributed by atoms with E-state index in [0.29, 0.717) is 5.56 Å². The maximum Gasteiger partial charge on any atom is 0.573 e. The molecule has 0 aliphatic carbocycles. The van der Waals surface area contributed by atoms with Crippen LogP contribution >= 0.6 is 0 Å². The molecule has 102 valence electrons. The van der Waals surface area contributed by atoms with Crippen molar-refractivity contribution < 1.29 is 17.9 Å². The first-order chi connectivity index (χ1) is 9.49. The number of halogens is 3. The van der Waals surface area contributed by atoms with Gasteiger partial charge in [0.2, 0.25) is 0 Å². The third-order valence-electron chi connectivity index (χ3n) is 2.67. The van der Waals surface area contributed by atoms with Crippen molar-refractivity contribution in [2.45, 2.75) is 12.8 Å². The molecule has 2 rings (SSSR count). The zero-order chi connectivity index (χ0) is 14.6. The molecule has 5 heteroatoms. The molecule has 0 atom stereocenters. The predicted molar refractivity (Wildman–Crippen MR) is 67.9 cm³/mol. The van der Waals surface area contributed by atoms with Gasteiger partial charge in [-0.05, 0) is 28.8 Å². The van der Waals surface area contributed by atoms with Crippen LogP contribution in [0.2, 0.25) is 0 Å². The van der Waals surface area contributed by atoms with Crippen molar-refractivity contribution in [2.75, 3.05) is 0 Å². The summed E-state index contributed by atoms with van der Waals surface area (Å²) < 4.78 is 40.5. The molecule has 0 spiro atoms. The fourth-order valence-corrected chi connectivity index (χ4v) is 1.90. The first-order valence-electron chi connectivity index (χ1n) is 5.80. The Morgan fingerprint density at radius 2 is 1.80 bits per heavy atom. The number of hydrogen-bond donors (Lipinski definition) is 0. The van der Waals surface area contributed by atoms with E-state index in [1.54, 1.807) is 30.3 Å². The molecular formula is C15H10F3NO. The lowest BCUT2D eigenvalue weighted by molar-refractivity contribution is -0.274. The highest BCUT2D eigenvalue weighted by atomic mass is 19.4. The van der Waals surface area contributed by atoms with Crippen LogP contribution in [0.5, 0.6) is 5.75 Å². The van der Waals surface area contributed by atoms with Gasteiger partial charge in [-0.1, -0.05) is 36.4 Å². The molecule has 0 saturated carbocycles. The van der Waals surface area contributed by atoms with E-state index < -0.39 is 6.36 Å². The van der Waals surface area contributed by atoms with Gasteiger partial charge in [0.1, 0.15) is 5.75 Å². The lowest BCUT2D eigenvalue weighted by Crippen LogP contribution is -2.17. The van der Waals surface area contributed by atoms with Gasteiger partial charge in [-0.25, -0.2) is 0 Å². The summed E-state index contributed by atoms with van der Waals surface area (Å²) in [6.07, 6.45) is -4.52. The van der Waals surface area contributed by atoms with Crippen molar-refractivity contribution in [1.29, 1.82) is 5.26 Å².